The molecule has 1 heterocycles. The molecule has 0 spiro atoms. The van der Waals surface area contributed by atoms with E-state index in [-0.39, 0.29) is 64.3 Å². The van der Waals surface area contributed by atoms with E-state index >= 15 is 0 Å². The van der Waals surface area contributed by atoms with Crippen molar-refractivity contribution >= 4 is 40.6 Å². The summed E-state index contributed by atoms with van der Waals surface area (Å²) in [4.78, 5) is 42.0. The van der Waals surface area contributed by atoms with Crippen LogP contribution in [0.25, 0.3) is 0 Å². The molecule has 0 bridgehead atoms. The lowest BCUT2D eigenvalue weighted by Crippen LogP contribution is -2.53. The standard InChI is InChI=1S/C31H37Cl2NO8/c1-15-16(2)41-23(12-21(15)34(10-8-32)11-9-33)42-22-14-31(40,17(3)35)13-20-24(22)30(39)26-25(29(20)38)27(36)18-6-4-5-7-19(18)28(26)37/h4,6,15-16,21-23,38-40H,5,7-14H2,1-3H3/t15?,16?,21?,22-,23?,31-/m0/s1. The Bertz CT molecular complexity index is 1370. The van der Waals surface area contributed by atoms with Gasteiger partial charge in [-0.05, 0) is 32.6 Å². The summed E-state index contributed by atoms with van der Waals surface area (Å²) in [6.45, 7) is 6.48. The Labute approximate surface area is 255 Å². The number of nitrogens with zero attached hydrogens (tertiary/aromatic N) is 1. The minimum atomic E-state index is -1.94. The van der Waals surface area contributed by atoms with Crippen LogP contribution in [0.2, 0.25) is 0 Å². The lowest BCUT2D eigenvalue weighted by atomic mass is 9.71. The summed E-state index contributed by atoms with van der Waals surface area (Å²) >= 11 is 12.2. The van der Waals surface area contributed by atoms with Gasteiger partial charge >= 0.3 is 0 Å². The van der Waals surface area contributed by atoms with Gasteiger partial charge in [0.1, 0.15) is 17.1 Å². The molecule has 0 amide bonds. The quantitative estimate of drug-likeness (QED) is 0.286. The number of phenolic OH excluding ortho intramolecular Hbond substituents is 2. The average Bonchev–Trinajstić information content (AvgIpc) is 2.95. The minimum Gasteiger partial charge on any atom is -0.507 e. The Morgan fingerprint density at radius 3 is 2.43 bits per heavy atom. The maximum Gasteiger partial charge on any atom is 0.198 e. The number of ether oxygens (including phenoxy) is 2. The van der Waals surface area contributed by atoms with Gasteiger partial charge in [-0.3, -0.25) is 19.3 Å². The first-order valence-electron chi connectivity index (χ1n) is 14.4. The van der Waals surface area contributed by atoms with Crippen molar-refractivity contribution < 1.29 is 39.2 Å². The van der Waals surface area contributed by atoms with Gasteiger partial charge in [-0.15, -0.1) is 23.2 Å². The summed E-state index contributed by atoms with van der Waals surface area (Å²) in [7, 11) is 0. The Kier molecular flexibility index (Phi) is 8.92. The molecule has 4 unspecified atom stereocenters. The van der Waals surface area contributed by atoms with Crippen LogP contribution in [0.15, 0.2) is 23.3 Å². The number of aromatic hydroxyl groups is 2. The number of benzene rings is 1. The molecular formula is C31H37Cl2NO8. The Morgan fingerprint density at radius 2 is 1.79 bits per heavy atom. The number of alkyl halides is 2. The van der Waals surface area contributed by atoms with Crippen LogP contribution in [0.3, 0.4) is 0 Å². The zero-order valence-electron chi connectivity index (χ0n) is 24.0. The highest BCUT2D eigenvalue weighted by Gasteiger charge is 2.49. The molecule has 42 heavy (non-hydrogen) atoms. The van der Waals surface area contributed by atoms with E-state index < -0.39 is 46.8 Å². The Morgan fingerprint density at radius 1 is 1.12 bits per heavy atom. The van der Waals surface area contributed by atoms with E-state index in [4.69, 9.17) is 32.7 Å². The molecule has 0 aromatic heterocycles. The highest BCUT2D eigenvalue weighted by Crippen LogP contribution is 2.52. The number of phenols is 2. The minimum absolute atomic E-state index is 0.000415. The molecule has 3 aliphatic carbocycles. The summed E-state index contributed by atoms with van der Waals surface area (Å²) in [5, 5.41) is 34.5. The molecule has 1 aromatic rings. The van der Waals surface area contributed by atoms with Gasteiger partial charge < -0.3 is 24.8 Å². The van der Waals surface area contributed by atoms with Crippen molar-refractivity contribution in [1.82, 2.24) is 4.90 Å². The fourth-order valence-corrected chi connectivity index (χ4v) is 7.31. The number of carbonyl (C=O) groups is 3. The number of Topliss-reactive ketones (excluding diaryl/α,β-unsaturated/α-hetero) is 3. The SMILES string of the molecule is CC(=O)[C@]1(O)Cc2c(O)c3c(c(O)c2[C@@H](OC2CC(N(CCCl)CCCl)C(C)C(C)O2)C1)C(=O)C1=C(C=CCC1)C3=O. The predicted octanol–water partition coefficient (Wildman–Crippen LogP) is 4.37. The molecule has 0 saturated carbocycles. The third kappa shape index (κ3) is 5.22. The fourth-order valence-electron chi connectivity index (χ4n) is 6.87. The van der Waals surface area contributed by atoms with Crippen molar-refractivity contribution in [3.63, 3.8) is 0 Å². The van der Waals surface area contributed by atoms with Crippen LogP contribution in [-0.4, -0.2) is 86.5 Å². The first-order valence-corrected chi connectivity index (χ1v) is 15.5. The molecule has 1 aromatic carbocycles. The summed E-state index contributed by atoms with van der Waals surface area (Å²) in [5.74, 6) is -1.73. The van der Waals surface area contributed by atoms with Crippen LogP contribution in [0, 0.1) is 5.92 Å². The largest absolute Gasteiger partial charge is 0.507 e. The molecular weight excluding hydrogens is 585 g/mol. The fraction of sp³-hybridized carbons (Fsp3) is 0.581. The zero-order valence-corrected chi connectivity index (χ0v) is 25.5. The molecule has 3 N–H and O–H groups in total. The molecule has 4 aliphatic rings. The third-order valence-corrected chi connectivity index (χ3v) is 9.72. The summed E-state index contributed by atoms with van der Waals surface area (Å²) < 4.78 is 12.6. The van der Waals surface area contributed by atoms with E-state index in [1.807, 2.05) is 6.92 Å². The van der Waals surface area contributed by atoms with Crippen molar-refractivity contribution in [3.05, 3.63) is 45.6 Å². The normalized spacial score (nSPS) is 30.8. The Hall–Kier alpha value is -2.27. The van der Waals surface area contributed by atoms with Gasteiger partial charge in [-0.25, -0.2) is 0 Å². The number of aliphatic hydroxyl groups is 1. The maximum atomic E-state index is 13.6. The molecule has 228 valence electrons. The van der Waals surface area contributed by atoms with Crippen molar-refractivity contribution in [1.29, 1.82) is 0 Å². The molecule has 11 heteroatoms. The van der Waals surface area contributed by atoms with E-state index in [0.717, 1.165) is 0 Å². The second-order valence-corrected chi connectivity index (χ2v) is 12.5. The monoisotopic (exact) mass is 621 g/mol. The number of rotatable bonds is 8. The Balaban J connectivity index is 1.58. The highest BCUT2D eigenvalue weighted by atomic mass is 35.5. The molecule has 1 saturated heterocycles. The molecule has 9 nitrogen and oxygen atoms in total. The highest BCUT2D eigenvalue weighted by molar-refractivity contribution is 6.30. The maximum absolute atomic E-state index is 13.6. The van der Waals surface area contributed by atoms with Gasteiger partial charge in [0.25, 0.3) is 0 Å². The van der Waals surface area contributed by atoms with Crippen molar-refractivity contribution in [2.24, 2.45) is 5.92 Å². The number of fused-ring (bicyclic) bond motifs is 2. The van der Waals surface area contributed by atoms with E-state index in [2.05, 4.69) is 11.8 Å². The van der Waals surface area contributed by atoms with Crippen LogP contribution in [0.4, 0.5) is 0 Å². The summed E-state index contributed by atoms with van der Waals surface area (Å²) in [6, 6.07) is 0.000415. The van der Waals surface area contributed by atoms with Gasteiger partial charge in [0, 0.05) is 72.4 Å². The van der Waals surface area contributed by atoms with Crippen LogP contribution >= 0.6 is 23.2 Å². The smallest absolute Gasteiger partial charge is 0.198 e. The first-order chi connectivity index (χ1) is 19.9. The topological polar surface area (TPSA) is 134 Å². The third-order valence-electron chi connectivity index (χ3n) is 9.38. The van der Waals surface area contributed by atoms with Gasteiger partial charge in [0.05, 0.1) is 23.3 Å². The molecule has 0 radical (unpaired) electrons. The summed E-state index contributed by atoms with van der Waals surface area (Å²) in [6.07, 6.45) is 1.92. The first kappa shape index (κ1) is 31.2. The predicted molar refractivity (Wildman–Crippen MR) is 157 cm³/mol. The van der Waals surface area contributed by atoms with E-state index in [9.17, 15) is 29.7 Å². The molecule has 6 atom stereocenters. The van der Waals surface area contributed by atoms with Crippen molar-refractivity contribution in [3.8, 4) is 11.5 Å². The lowest BCUT2D eigenvalue weighted by Gasteiger charge is -2.46. The summed E-state index contributed by atoms with van der Waals surface area (Å²) in [5.41, 5.74) is -1.97. The van der Waals surface area contributed by atoms with Crippen molar-refractivity contribution in [2.75, 3.05) is 24.8 Å². The van der Waals surface area contributed by atoms with Gasteiger partial charge in [0.2, 0.25) is 0 Å². The van der Waals surface area contributed by atoms with Gasteiger partial charge in [0.15, 0.2) is 23.6 Å². The van der Waals surface area contributed by atoms with Crippen LogP contribution in [0.5, 0.6) is 11.5 Å². The number of allylic oxidation sites excluding steroid dienone is 4. The molecule has 5 rings (SSSR count). The van der Waals surface area contributed by atoms with Gasteiger partial charge in [-0.2, -0.15) is 0 Å². The van der Waals surface area contributed by atoms with E-state index in [1.165, 1.54) is 6.92 Å². The molecule has 1 aliphatic heterocycles. The van der Waals surface area contributed by atoms with Crippen LogP contribution < -0.4 is 0 Å². The van der Waals surface area contributed by atoms with Gasteiger partial charge in [-0.1, -0.05) is 19.1 Å². The lowest BCUT2D eigenvalue weighted by molar-refractivity contribution is -0.246. The number of ketones is 3. The molecule has 1 fully saturated rings. The second-order valence-electron chi connectivity index (χ2n) is 11.8. The number of carbonyl (C=O) groups excluding carboxylic acids is 3. The van der Waals surface area contributed by atoms with Crippen molar-refractivity contribution in [2.45, 2.75) is 83.0 Å². The van der Waals surface area contributed by atoms with Crippen LogP contribution in [-0.2, 0) is 20.7 Å². The number of hydrogen-bond donors (Lipinski definition) is 3. The average molecular weight is 623 g/mol. The van der Waals surface area contributed by atoms with Crippen LogP contribution in [0.1, 0.15) is 84.4 Å². The second kappa shape index (κ2) is 12.0. The number of halogens is 2. The van der Waals surface area contributed by atoms with E-state index in [1.54, 1.807) is 12.2 Å². The van der Waals surface area contributed by atoms with E-state index in [0.29, 0.717) is 44.1 Å². The number of hydrogen-bond acceptors (Lipinski definition) is 9. The zero-order chi connectivity index (χ0) is 30.5.